The molecule has 676 valence electrons. The van der Waals surface area contributed by atoms with E-state index in [0.717, 1.165) is 62.3 Å². The number of hydrogen-bond donors (Lipinski definition) is 0. The second-order valence-electron chi connectivity index (χ2n) is 40.2. The van der Waals surface area contributed by atoms with Crippen molar-refractivity contribution in [1.29, 1.82) is 0 Å². The third-order valence-corrected chi connectivity index (χ3v) is 31.8. The van der Waals surface area contributed by atoms with E-state index >= 15 is 0 Å². The summed E-state index contributed by atoms with van der Waals surface area (Å²) >= 11 is 0. The van der Waals surface area contributed by atoms with Gasteiger partial charge in [0.1, 0.15) is 0 Å². The molecule has 0 radical (unpaired) electrons. The van der Waals surface area contributed by atoms with Crippen molar-refractivity contribution < 1.29 is 0 Å². The van der Waals surface area contributed by atoms with Crippen LogP contribution in [0, 0.1) is 0 Å². The standard InChI is InChI=1S/C138H94N6/c1-137(2)124-83-99(67-71-111(124)113-73-69-101(85-126(113)137)143-128-47-20-15-37-116(128)117-38-16-21-48-129(117)143)139(96-61-52-87(53-62-96)91-58-76-134-121(80-91)118-39-17-22-49-130(118)141(134)94-30-7-5-8-31-94)97-63-54-90(55-64-97)105-43-26-46-109-106(44-27-45-108(105)109)92-59-78-136-123(81-92)120-41-19-24-51-132(120)144(136)102-70-74-114-112-72-68-100(84-125(112)138(3,4)127(114)86-102)140(98-65-56-89(57-66-98)104-42-25-29-88-28-11-12-34-103(88)104)133-79-75-107(110-35-13-14-36-115(110)133)93-60-77-135-122(82-93)119-40-18-23-50-131(119)142(135)95-32-9-6-10-33-95/h5-86H,1-4H3. The molecular formula is C138H94N6. The van der Waals surface area contributed by atoms with Gasteiger partial charge in [-0.15, -0.1) is 0 Å². The maximum absolute atomic E-state index is 2.50. The van der Waals surface area contributed by atoms with Gasteiger partial charge in [0, 0.05) is 110 Å². The van der Waals surface area contributed by atoms with Crippen molar-refractivity contribution >= 4 is 154 Å². The highest BCUT2D eigenvalue weighted by Gasteiger charge is 2.40. The Kier molecular flexibility index (Phi) is 18.4. The molecule has 4 heterocycles. The Morgan fingerprint density at radius 2 is 0.431 bits per heavy atom. The Hall–Kier alpha value is -18.4. The second kappa shape index (κ2) is 32.1. The first-order valence-electron chi connectivity index (χ1n) is 50.2. The van der Waals surface area contributed by atoms with Gasteiger partial charge in [0.15, 0.2) is 0 Å². The van der Waals surface area contributed by atoms with Crippen LogP contribution in [0.4, 0.5) is 34.1 Å². The quantitative estimate of drug-likeness (QED) is 0.102. The van der Waals surface area contributed by atoms with Crippen LogP contribution in [-0.4, -0.2) is 18.3 Å². The molecule has 0 atom stereocenters. The van der Waals surface area contributed by atoms with Crippen LogP contribution >= 0.6 is 0 Å². The predicted octanol–water partition coefficient (Wildman–Crippen LogP) is 37.4. The molecule has 0 aliphatic heterocycles. The summed E-state index contributed by atoms with van der Waals surface area (Å²) in [6.45, 7) is 9.67. The number of para-hydroxylation sites is 7. The fraction of sp³-hybridized carbons (Fsp3) is 0.0435. The van der Waals surface area contributed by atoms with Crippen molar-refractivity contribution in [3.63, 3.8) is 0 Å². The van der Waals surface area contributed by atoms with E-state index in [0.29, 0.717) is 0 Å². The highest BCUT2D eigenvalue weighted by Crippen LogP contribution is 2.57. The predicted molar refractivity (Wildman–Crippen MR) is 608 cm³/mol. The van der Waals surface area contributed by atoms with Gasteiger partial charge < -0.3 is 28.1 Å². The molecule has 0 fully saturated rings. The Morgan fingerprint density at radius 1 is 0.153 bits per heavy atom. The van der Waals surface area contributed by atoms with Gasteiger partial charge >= 0.3 is 0 Å². The van der Waals surface area contributed by atoms with Gasteiger partial charge in [-0.2, -0.15) is 0 Å². The van der Waals surface area contributed by atoms with Crippen LogP contribution in [0.1, 0.15) is 49.9 Å². The molecule has 2 aliphatic carbocycles. The van der Waals surface area contributed by atoms with Crippen molar-refractivity contribution in [2.24, 2.45) is 0 Å². The van der Waals surface area contributed by atoms with Crippen LogP contribution in [-0.2, 0) is 10.8 Å². The molecule has 0 saturated carbocycles. The first-order chi connectivity index (χ1) is 70.9. The lowest BCUT2D eigenvalue weighted by Gasteiger charge is -2.29. The third-order valence-electron chi connectivity index (χ3n) is 31.8. The molecular weight excluding hydrogens is 1740 g/mol. The smallest absolute Gasteiger partial charge is 0.0541 e. The number of hydrogen-bond acceptors (Lipinski definition) is 2. The number of aromatic nitrogens is 4. The zero-order chi connectivity index (χ0) is 95.3. The summed E-state index contributed by atoms with van der Waals surface area (Å²) in [5.74, 6) is 0. The van der Waals surface area contributed by atoms with E-state index in [2.05, 4.69) is 553 Å². The molecule has 0 bridgehead atoms. The van der Waals surface area contributed by atoms with Gasteiger partial charge in [0.25, 0.3) is 0 Å². The topological polar surface area (TPSA) is 26.2 Å². The summed E-state index contributed by atoms with van der Waals surface area (Å²) in [4.78, 5) is 4.96. The minimum atomic E-state index is -0.380. The van der Waals surface area contributed by atoms with Gasteiger partial charge in [0.05, 0.1) is 49.8 Å². The molecule has 0 unspecified atom stereocenters. The number of anilines is 6. The van der Waals surface area contributed by atoms with E-state index in [9.17, 15) is 0 Å². The second-order valence-corrected chi connectivity index (χ2v) is 40.2. The number of rotatable bonds is 15. The summed E-state index contributed by atoms with van der Waals surface area (Å²) in [5, 5.41) is 17.1. The van der Waals surface area contributed by atoms with Gasteiger partial charge in [-0.25, -0.2) is 0 Å². The molecule has 23 aromatic carbocycles. The molecule has 0 saturated heterocycles. The summed E-state index contributed by atoms with van der Waals surface area (Å²) < 4.78 is 9.74. The Balaban J connectivity index is 0.499. The van der Waals surface area contributed by atoms with Crippen LogP contribution in [0.3, 0.4) is 0 Å². The number of fused-ring (bicyclic) bond motifs is 21. The molecule has 0 amide bonds. The summed E-state index contributed by atoms with van der Waals surface area (Å²) in [6.07, 6.45) is 0. The summed E-state index contributed by atoms with van der Waals surface area (Å²) in [7, 11) is 0. The molecule has 29 rings (SSSR count). The maximum Gasteiger partial charge on any atom is 0.0541 e. The molecule has 6 nitrogen and oxygen atoms in total. The van der Waals surface area contributed by atoms with E-state index in [1.165, 1.54) is 214 Å². The summed E-state index contributed by atoms with van der Waals surface area (Å²) in [5.41, 5.74) is 42.1. The van der Waals surface area contributed by atoms with Crippen LogP contribution in [0.25, 0.3) is 220 Å². The Labute approximate surface area is 834 Å². The highest BCUT2D eigenvalue weighted by atomic mass is 15.2. The third kappa shape index (κ3) is 12.7. The van der Waals surface area contributed by atoms with Gasteiger partial charge in [-0.1, -0.05) is 343 Å². The van der Waals surface area contributed by atoms with Crippen molar-refractivity contribution in [1.82, 2.24) is 18.3 Å². The average Bonchev–Trinajstić information content (AvgIpc) is 1.56. The normalized spacial score (nSPS) is 13.0. The van der Waals surface area contributed by atoms with Gasteiger partial charge in [-0.3, -0.25) is 0 Å². The first kappa shape index (κ1) is 82.7. The Morgan fingerprint density at radius 3 is 0.889 bits per heavy atom. The van der Waals surface area contributed by atoms with E-state index in [4.69, 9.17) is 0 Å². The monoisotopic (exact) mass is 1830 g/mol. The number of nitrogens with zero attached hydrogens (tertiary/aromatic N) is 6. The van der Waals surface area contributed by atoms with Crippen molar-refractivity contribution in [3.8, 4) is 101 Å². The lowest BCUT2D eigenvalue weighted by atomic mass is 9.82. The van der Waals surface area contributed by atoms with E-state index in [-0.39, 0.29) is 10.8 Å². The zero-order valence-corrected chi connectivity index (χ0v) is 80.0. The van der Waals surface area contributed by atoms with Gasteiger partial charge in [-0.05, 0) is 309 Å². The van der Waals surface area contributed by atoms with Gasteiger partial charge in [0.2, 0.25) is 0 Å². The fourth-order valence-electron chi connectivity index (χ4n) is 24.9. The van der Waals surface area contributed by atoms with Crippen LogP contribution < -0.4 is 9.80 Å². The lowest BCUT2D eigenvalue weighted by Crippen LogP contribution is -2.17. The molecule has 0 spiro atoms. The molecule has 144 heavy (non-hydrogen) atoms. The number of benzene rings is 23. The maximum atomic E-state index is 2.50. The molecule has 27 aromatic rings. The molecule has 0 N–H and O–H groups in total. The van der Waals surface area contributed by atoms with Crippen LogP contribution in [0.15, 0.2) is 497 Å². The first-order valence-corrected chi connectivity index (χ1v) is 50.2. The van der Waals surface area contributed by atoms with Crippen LogP contribution in [0.2, 0.25) is 0 Å². The SMILES string of the molecule is CC1(C)c2cc(N(c3ccc(-c4ccc5c(c4)c4ccccc4n5-c4ccccc4)cc3)c3ccc(-c4cccc5c(-c6ccc7c(c6)c6ccccc6n7-c6ccc7c(c6)C(C)(C)c6cc(N(c8ccc(-c9cccc%10ccccc9%10)cc8)c8ccc(-c9ccc%10c(c9)c9ccccc9n%10-c9ccccc9)c9ccccc89)ccc6-7)cccc45)cc3)ccc2-c2ccc(-n3c4ccccc4c4ccccc43)cc21. The van der Waals surface area contributed by atoms with Crippen molar-refractivity contribution in [3.05, 3.63) is 520 Å². The molecule has 4 aromatic heterocycles. The van der Waals surface area contributed by atoms with E-state index in [1.54, 1.807) is 0 Å². The average molecular weight is 1840 g/mol. The lowest BCUT2D eigenvalue weighted by molar-refractivity contribution is 0.660. The summed E-state index contributed by atoms with van der Waals surface area (Å²) in [6, 6.07) is 186. The molecule has 6 heteroatoms. The fourth-order valence-corrected chi connectivity index (χ4v) is 24.9. The van der Waals surface area contributed by atoms with Crippen molar-refractivity contribution in [2.45, 2.75) is 38.5 Å². The van der Waals surface area contributed by atoms with Crippen LogP contribution in [0.5, 0.6) is 0 Å². The van der Waals surface area contributed by atoms with Crippen molar-refractivity contribution in [2.75, 3.05) is 9.80 Å². The van der Waals surface area contributed by atoms with E-state index in [1.807, 2.05) is 0 Å². The minimum absolute atomic E-state index is 0.317. The largest absolute Gasteiger partial charge is 0.310 e. The van der Waals surface area contributed by atoms with E-state index < -0.39 is 0 Å². The highest BCUT2D eigenvalue weighted by molar-refractivity contribution is 6.17. The zero-order valence-electron chi connectivity index (χ0n) is 80.0. The minimum Gasteiger partial charge on any atom is -0.310 e. The Bertz CT molecular complexity index is 9960. The molecule has 2 aliphatic rings.